The van der Waals surface area contributed by atoms with Crippen LogP contribution >= 0.6 is 22.7 Å². The quantitative estimate of drug-likeness (QED) is 0.342. The van der Waals surface area contributed by atoms with Gasteiger partial charge in [-0.2, -0.15) is 0 Å². The van der Waals surface area contributed by atoms with E-state index in [0.29, 0.717) is 11.3 Å². The number of hydrogen-bond acceptors (Lipinski definition) is 2. The van der Waals surface area contributed by atoms with Crippen LogP contribution in [0.25, 0.3) is 9.40 Å². The van der Waals surface area contributed by atoms with E-state index >= 15 is 0 Å². The topological polar surface area (TPSA) is 0 Å². The van der Waals surface area contributed by atoms with E-state index in [-0.39, 0.29) is 0 Å². The molecule has 0 aliphatic rings. The maximum atomic E-state index is 2.39. The highest BCUT2D eigenvalue weighted by Crippen LogP contribution is 2.34. The summed E-state index contributed by atoms with van der Waals surface area (Å²) in [5.74, 6) is 0.691. The average molecular weight is 385 g/mol. The van der Waals surface area contributed by atoms with Crippen LogP contribution in [-0.4, -0.2) is 0 Å². The molecular formula is C24H32S2. The lowest BCUT2D eigenvalue weighted by atomic mass is 9.80. The van der Waals surface area contributed by atoms with Crippen molar-refractivity contribution in [1.29, 1.82) is 0 Å². The van der Waals surface area contributed by atoms with Gasteiger partial charge in [0.2, 0.25) is 0 Å². The summed E-state index contributed by atoms with van der Waals surface area (Å²) in [7, 11) is 0. The summed E-state index contributed by atoms with van der Waals surface area (Å²) in [6.45, 7) is 9.36. The highest BCUT2D eigenvalue weighted by atomic mass is 32.1. The molecule has 2 heterocycles. The van der Waals surface area contributed by atoms with E-state index in [1.165, 1.54) is 59.1 Å². The van der Waals surface area contributed by atoms with Gasteiger partial charge in [0.05, 0.1) is 0 Å². The summed E-state index contributed by atoms with van der Waals surface area (Å²) in [6.07, 6.45) is 7.50. The first-order valence-corrected chi connectivity index (χ1v) is 11.7. The van der Waals surface area contributed by atoms with Crippen molar-refractivity contribution in [1.82, 2.24) is 0 Å². The van der Waals surface area contributed by atoms with Crippen LogP contribution in [0.1, 0.15) is 75.3 Å². The lowest BCUT2D eigenvalue weighted by Gasteiger charge is -2.25. The Bertz CT molecular complexity index is 770. The normalized spacial score (nSPS) is 13.4. The Labute approximate surface area is 167 Å². The third-order valence-corrected chi connectivity index (χ3v) is 7.28. The van der Waals surface area contributed by atoms with Gasteiger partial charge < -0.3 is 0 Å². The number of thiophene rings is 2. The second kappa shape index (κ2) is 8.71. The fourth-order valence-electron chi connectivity index (χ4n) is 3.76. The molecule has 0 aliphatic carbocycles. The minimum atomic E-state index is 0.398. The minimum Gasteiger partial charge on any atom is -0.143 e. The molecule has 0 amide bonds. The van der Waals surface area contributed by atoms with Crippen molar-refractivity contribution in [3.63, 3.8) is 0 Å². The number of aryl methyl sites for hydroxylation is 2. The molecule has 140 valence electrons. The molecule has 2 heteroatoms. The molecule has 0 N–H and O–H groups in total. The molecule has 1 atom stereocenters. The maximum Gasteiger partial charge on any atom is 0.0453 e. The monoisotopic (exact) mass is 384 g/mol. The maximum absolute atomic E-state index is 2.39. The van der Waals surface area contributed by atoms with Gasteiger partial charge in [-0.25, -0.2) is 0 Å². The average Bonchev–Trinajstić information content (AvgIpc) is 3.18. The molecule has 0 nitrogen and oxygen atoms in total. The number of rotatable bonds is 8. The smallest absolute Gasteiger partial charge is 0.0453 e. The lowest BCUT2D eigenvalue weighted by molar-refractivity contribution is 0.335. The molecule has 1 unspecified atom stereocenters. The molecule has 0 aliphatic heterocycles. The Morgan fingerprint density at radius 2 is 1.65 bits per heavy atom. The Morgan fingerprint density at radius 1 is 0.923 bits per heavy atom. The molecule has 26 heavy (non-hydrogen) atoms. The zero-order chi connectivity index (χ0) is 18.6. The third-order valence-electron chi connectivity index (χ3n) is 5.13. The summed E-state index contributed by atoms with van der Waals surface area (Å²) < 4.78 is 2.92. The van der Waals surface area contributed by atoms with Crippen LogP contribution in [0.5, 0.6) is 0 Å². The predicted octanol–water partition coefficient (Wildman–Crippen LogP) is 8.46. The highest BCUT2D eigenvalue weighted by molar-refractivity contribution is 7.26. The van der Waals surface area contributed by atoms with Gasteiger partial charge in [0.25, 0.3) is 0 Å². The molecule has 1 aromatic carbocycles. The molecule has 0 fully saturated rings. The van der Waals surface area contributed by atoms with E-state index in [1.54, 1.807) is 4.88 Å². The van der Waals surface area contributed by atoms with Gasteiger partial charge in [-0.15, -0.1) is 22.7 Å². The van der Waals surface area contributed by atoms with Crippen molar-refractivity contribution in [2.24, 2.45) is 5.41 Å². The first-order chi connectivity index (χ1) is 12.4. The van der Waals surface area contributed by atoms with E-state index in [1.807, 2.05) is 22.7 Å². The van der Waals surface area contributed by atoms with Crippen LogP contribution in [0.15, 0.2) is 41.8 Å². The first-order valence-electron chi connectivity index (χ1n) is 9.99. The van der Waals surface area contributed by atoms with Crippen LogP contribution in [-0.2, 0) is 12.8 Å². The number of benzene rings is 1. The van der Waals surface area contributed by atoms with E-state index in [2.05, 4.69) is 69.5 Å². The number of hydrogen-bond donors (Lipinski definition) is 0. The molecular weight excluding hydrogens is 352 g/mol. The minimum absolute atomic E-state index is 0.398. The second-order valence-electron chi connectivity index (χ2n) is 8.68. The van der Waals surface area contributed by atoms with Crippen LogP contribution < -0.4 is 0 Å². The third kappa shape index (κ3) is 5.44. The Morgan fingerprint density at radius 3 is 2.31 bits per heavy atom. The largest absolute Gasteiger partial charge is 0.143 e. The highest BCUT2D eigenvalue weighted by Gasteiger charge is 2.18. The van der Waals surface area contributed by atoms with Gasteiger partial charge in [-0.1, -0.05) is 52.0 Å². The van der Waals surface area contributed by atoms with Gasteiger partial charge >= 0.3 is 0 Å². The van der Waals surface area contributed by atoms with Crippen molar-refractivity contribution in [2.75, 3.05) is 0 Å². The summed E-state index contributed by atoms with van der Waals surface area (Å²) in [5, 5.41) is 2.19. The Kier molecular flexibility index (Phi) is 6.58. The van der Waals surface area contributed by atoms with Crippen molar-refractivity contribution in [3.8, 4) is 0 Å². The lowest BCUT2D eigenvalue weighted by Crippen LogP contribution is -2.11. The van der Waals surface area contributed by atoms with Crippen molar-refractivity contribution < 1.29 is 0 Å². The standard InChI is InChI=1S/C24H32S2/c1-5-19(17-24(2,3)4)20-12-10-18(11-13-20)8-6-7-9-21-16-23-22(26-21)14-15-25-23/h10-16,19H,5-9,17H2,1-4H3. The zero-order valence-electron chi connectivity index (χ0n) is 16.7. The van der Waals surface area contributed by atoms with Gasteiger partial charge in [-0.05, 0) is 78.5 Å². The second-order valence-corrected chi connectivity index (χ2v) is 10.8. The zero-order valence-corrected chi connectivity index (χ0v) is 18.3. The molecule has 3 rings (SSSR count). The molecule has 0 radical (unpaired) electrons. The van der Waals surface area contributed by atoms with Gasteiger partial charge in [0, 0.05) is 14.3 Å². The van der Waals surface area contributed by atoms with Gasteiger partial charge in [-0.3, -0.25) is 0 Å². The van der Waals surface area contributed by atoms with E-state index < -0.39 is 0 Å². The Balaban J connectivity index is 1.47. The van der Waals surface area contributed by atoms with Crippen molar-refractivity contribution >= 4 is 32.1 Å². The summed E-state index contributed by atoms with van der Waals surface area (Å²) in [6, 6.07) is 14.1. The predicted molar refractivity (Wildman–Crippen MR) is 120 cm³/mol. The number of unbranched alkanes of at least 4 members (excludes halogenated alkanes) is 1. The first kappa shape index (κ1) is 19.6. The van der Waals surface area contributed by atoms with Gasteiger partial charge in [0.15, 0.2) is 0 Å². The van der Waals surface area contributed by atoms with E-state index in [9.17, 15) is 0 Å². The van der Waals surface area contributed by atoms with Crippen LogP contribution in [0.4, 0.5) is 0 Å². The molecule has 0 saturated carbocycles. The molecule has 0 bridgehead atoms. The Hall–Kier alpha value is -1.12. The molecule has 3 aromatic rings. The summed E-state index contributed by atoms with van der Waals surface area (Å²) >= 11 is 3.84. The summed E-state index contributed by atoms with van der Waals surface area (Å²) in [5.41, 5.74) is 3.41. The van der Waals surface area contributed by atoms with E-state index in [0.717, 1.165) is 0 Å². The van der Waals surface area contributed by atoms with E-state index in [4.69, 9.17) is 0 Å². The van der Waals surface area contributed by atoms with Crippen LogP contribution in [0.3, 0.4) is 0 Å². The summed E-state index contributed by atoms with van der Waals surface area (Å²) in [4.78, 5) is 1.55. The number of fused-ring (bicyclic) bond motifs is 1. The fraction of sp³-hybridized carbons (Fsp3) is 0.500. The molecule has 2 aromatic heterocycles. The SMILES string of the molecule is CCC(CC(C)(C)C)c1ccc(CCCCc2cc3sccc3s2)cc1. The van der Waals surface area contributed by atoms with Crippen LogP contribution in [0, 0.1) is 5.41 Å². The fourth-order valence-corrected chi connectivity index (χ4v) is 5.94. The molecule has 0 spiro atoms. The van der Waals surface area contributed by atoms with Crippen molar-refractivity contribution in [3.05, 3.63) is 57.8 Å². The van der Waals surface area contributed by atoms with Crippen LogP contribution in [0.2, 0.25) is 0 Å². The van der Waals surface area contributed by atoms with Crippen molar-refractivity contribution in [2.45, 2.75) is 72.1 Å². The molecule has 0 saturated heterocycles. The van der Waals surface area contributed by atoms with Gasteiger partial charge in [0.1, 0.15) is 0 Å².